The number of carbonyl (C=O) groups is 4. The molecule has 0 bridgehead atoms. The normalized spacial score (nSPS) is 17.2. The number of ketones is 1. The lowest BCUT2D eigenvalue weighted by Gasteiger charge is -2.31. The summed E-state index contributed by atoms with van der Waals surface area (Å²) < 4.78 is 0. The number of amides is 3. The van der Waals surface area contributed by atoms with Crippen molar-refractivity contribution in [3.63, 3.8) is 0 Å². The summed E-state index contributed by atoms with van der Waals surface area (Å²) in [6.45, 7) is 7.57. The van der Waals surface area contributed by atoms with Gasteiger partial charge in [0.1, 0.15) is 12.1 Å². The lowest BCUT2D eigenvalue weighted by Crippen LogP contribution is -2.58. The van der Waals surface area contributed by atoms with Gasteiger partial charge < -0.3 is 16.0 Å². The van der Waals surface area contributed by atoms with Crippen LogP contribution < -0.4 is 16.0 Å². The fourth-order valence-electron chi connectivity index (χ4n) is 3.86. The number of unbranched alkanes of at least 4 members (excludes halogenated alkanes) is 1. The van der Waals surface area contributed by atoms with Crippen LogP contribution >= 0.6 is 33.2 Å². The molecule has 1 fully saturated rings. The molecule has 1 aromatic carbocycles. The van der Waals surface area contributed by atoms with Crippen LogP contribution in [0.2, 0.25) is 5.02 Å². The average Bonchev–Trinajstić information content (AvgIpc) is 3.33. The molecular weight excluding hydrogens is 518 g/mol. The minimum Gasteiger partial charge on any atom is -0.350 e. The van der Waals surface area contributed by atoms with Crippen LogP contribution in [-0.4, -0.2) is 53.1 Å². The molecule has 1 aliphatic heterocycles. The second kappa shape index (κ2) is 14.9. The zero-order valence-electron chi connectivity index (χ0n) is 21.5. The largest absolute Gasteiger partial charge is 0.350 e. The molecule has 10 heteroatoms. The van der Waals surface area contributed by atoms with E-state index in [9.17, 15) is 19.2 Å². The Bertz CT molecular complexity index is 899. The maximum Gasteiger partial charge on any atom is 0.289 e. The lowest BCUT2D eigenvalue weighted by atomic mass is 9.85. The second-order valence-electron chi connectivity index (χ2n) is 10.1. The van der Waals surface area contributed by atoms with Crippen LogP contribution in [0, 0.1) is 5.41 Å². The minimum atomic E-state index is -1.08. The van der Waals surface area contributed by atoms with Crippen molar-refractivity contribution in [2.45, 2.75) is 83.6 Å². The van der Waals surface area contributed by atoms with Gasteiger partial charge in [-0.1, -0.05) is 72.5 Å². The quantitative estimate of drug-likeness (QED) is 0.190. The van der Waals surface area contributed by atoms with Gasteiger partial charge in [-0.2, -0.15) is 0 Å². The first kappa shape index (κ1) is 30.5. The van der Waals surface area contributed by atoms with Crippen LogP contribution in [-0.2, 0) is 25.6 Å². The summed E-state index contributed by atoms with van der Waals surface area (Å²) in [6.07, 6.45) is 4.53. The van der Waals surface area contributed by atoms with Crippen LogP contribution in [0.4, 0.5) is 0 Å². The summed E-state index contributed by atoms with van der Waals surface area (Å²) in [5, 5.41) is 9.32. The molecule has 2 rings (SSSR count). The van der Waals surface area contributed by atoms with Gasteiger partial charge >= 0.3 is 0 Å². The summed E-state index contributed by atoms with van der Waals surface area (Å²) in [7, 11) is 3.84. The Labute approximate surface area is 227 Å². The van der Waals surface area contributed by atoms with Crippen molar-refractivity contribution in [3.05, 3.63) is 34.9 Å². The maximum absolute atomic E-state index is 13.3. The Kier molecular flexibility index (Phi) is 12.6. The van der Waals surface area contributed by atoms with E-state index >= 15 is 0 Å². The third kappa shape index (κ3) is 10.3. The maximum atomic E-state index is 13.3. The molecule has 1 saturated heterocycles. The van der Waals surface area contributed by atoms with E-state index in [1.807, 2.05) is 42.4 Å². The van der Waals surface area contributed by atoms with Gasteiger partial charge in [-0.3, -0.25) is 19.2 Å². The summed E-state index contributed by atoms with van der Waals surface area (Å²) in [5.41, 5.74) is 0.148. The van der Waals surface area contributed by atoms with Crippen molar-refractivity contribution in [1.29, 1.82) is 0 Å². The molecule has 0 aliphatic carbocycles. The summed E-state index contributed by atoms with van der Waals surface area (Å²) in [5.74, 6) is -0.983. The van der Waals surface area contributed by atoms with E-state index in [0.717, 1.165) is 24.8 Å². The number of nitrogens with one attached hydrogen (secondary N) is 3. The number of likely N-dealkylation sites (N-methyl/N-ethyl adjacent to an activating group) is 1. The molecule has 3 unspecified atom stereocenters. The number of hydrogen-bond acceptors (Lipinski definition) is 6. The molecule has 3 amide bonds. The Morgan fingerprint density at radius 3 is 2.36 bits per heavy atom. The van der Waals surface area contributed by atoms with Crippen LogP contribution in [0.5, 0.6) is 0 Å². The standard InChI is InChI=1S/C26H38ClN3O4S2/c1-5-28-24(33)22(32)20(16-17-10-12-18(27)13-11-17)29-25(34)23(26(2,3)4)30-21(31)9-7-6-8-19-14-15-35-36-19/h10-13,19-20,23H,5-9,14-16H2,1-4H3,(H,28,33)(H,29,34)(H,30,31). The fraction of sp³-hybridized carbons (Fsp3) is 0.615. The van der Waals surface area contributed by atoms with Crippen molar-refractivity contribution in [2.75, 3.05) is 12.3 Å². The van der Waals surface area contributed by atoms with Crippen molar-refractivity contribution in [1.82, 2.24) is 16.0 Å². The van der Waals surface area contributed by atoms with Crippen molar-refractivity contribution >= 4 is 56.7 Å². The number of carbonyl (C=O) groups excluding carboxylic acids is 4. The zero-order valence-corrected chi connectivity index (χ0v) is 23.9. The van der Waals surface area contributed by atoms with E-state index in [2.05, 4.69) is 16.0 Å². The highest BCUT2D eigenvalue weighted by molar-refractivity contribution is 8.77. The Morgan fingerprint density at radius 1 is 1.08 bits per heavy atom. The number of benzene rings is 1. The number of halogens is 1. The molecule has 1 heterocycles. The fourth-order valence-corrected chi connectivity index (χ4v) is 7.01. The molecule has 0 spiro atoms. The van der Waals surface area contributed by atoms with E-state index in [1.165, 1.54) is 12.2 Å². The van der Waals surface area contributed by atoms with E-state index in [1.54, 1.807) is 31.2 Å². The third-order valence-electron chi connectivity index (χ3n) is 5.89. The van der Waals surface area contributed by atoms with Gasteiger partial charge in [-0.15, -0.1) is 0 Å². The van der Waals surface area contributed by atoms with E-state index in [-0.39, 0.29) is 12.3 Å². The van der Waals surface area contributed by atoms with Crippen molar-refractivity contribution in [3.8, 4) is 0 Å². The average molecular weight is 556 g/mol. The van der Waals surface area contributed by atoms with Crippen molar-refractivity contribution in [2.24, 2.45) is 5.41 Å². The van der Waals surface area contributed by atoms with E-state index < -0.39 is 35.1 Å². The highest BCUT2D eigenvalue weighted by atomic mass is 35.5. The molecule has 3 N–H and O–H groups in total. The second-order valence-corrected chi connectivity index (χ2v) is 13.3. The first-order chi connectivity index (χ1) is 17.0. The first-order valence-electron chi connectivity index (χ1n) is 12.5. The predicted octanol–water partition coefficient (Wildman–Crippen LogP) is 4.32. The van der Waals surface area contributed by atoms with Crippen LogP contribution in [0.1, 0.15) is 65.4 Å². The molecule has 0 saturated carbocycles. The van der Waals surface area contributed by atoms with Gasteiger partial charge in [-0.05, 0) is 49.3 Å². The van der Waals surface area contributed by atoms with Gasteiger partial charge in [0.15, 0.2) is 0 Å². The van der Waals surface area contributed by atoms with Crippen LogP contribution in [0.25, 0.3) is 0 Å². The molecule has 1 aromatic rings. The van der Waals surface area contributed by atoms with E-state index in [4.69, 9.17) is 11.6 Å². The lowest BCUT2D eigenvalue weighted by molar-refractivity contribution is -0.140. The van der Waals surface area contributed by atoms with Crippen LogP contribution in [0.15, 0.2) is 24.3 Å². The van der Waals surface area contributed by atoms with Gasteiger partial charge in [0.05, 0.1) is 0 Å². The summed E-state index contributed by atoms with van der Waals surface area (Å²) >= 11 is 5.96. The Morgan fingerprint density at radius 2 is 1.78 bits per heavy atom. The predicted molar refractivity (Wildman–Crippen MR) is 149 cm³/mol. The number of Topliss-reactive ketones (excluding diaryl/α,β-unsaturated/α-hetero) is 1. The van der Waals surface area contributed by atoms with Gasteiger partial charge in [0, 0.05) is 35.4 Å². The van der Waals surface area contributed by atoms with Crippen LogP contribution in [0.3, 0.4) is 0 Å². The van der Waals surface area contributed by atoms with Gasteiger partial charge in [-0.25, -0.2) is 0 Å². The highest BCUT2D eigenvalue weighted by Gasteiger charge is 2.36. The number of rotatable bonds is 13. The topological polar surface area (TPSA) is 104 Å². The first-order valence-corrected chi connectivity index (χ1v) is 15.2. The highest BCUT2D eigenvalue weighted by Crippen LogP contribution is 2.39. The minimum absolute atomic E-state index is 0.126. The molecular formula is C26H38ClN3O4S2. The molecule has 200 valence electrons. The summed E-state index contributed by atoms with van der Waals surface area (Å²) in [6, 6.07) is 4.94. The summed E-state index contributed by atoms with van der Waals surface area (Å²) in [4.78, 5) is 51.2. The molecule has 1 aliphatic rings. The molecule has 7 nitrogen and oxygen atoms in total. The van der Waals surface area contributed by atoms with Gasteiger partial charge in [0.25, 0.3) is 5.91 Å². The smallest absolute Gasteiger partial charge is 0.289 e. The van der Waals surface area contributed by atoms with Crippen molar-refractivity contribution < 1.29 is 19.2 Å². The molecule has 0 aromatic heterocycles. The third-order valence-corrected chi connectivity index (χ3v) is 9.15. The SMILES string of the molecule is CCNC(=O)C(=O)C(Cc1ccc(Cl)cc1)NC(=O)C(NC(=O)CCCCC1CCSS1)C(C)(C)C. The number of hydrogen-bond donors (Lipinski definition) is 3. The molecule has 3 atom stereocenters. The van der Waals surface area contributed by atoms with E-state index in [0.29, 0.717) is 23.2 Å². The Balaban J connectivity index is 2.04. The zero-order chi connectivity index (χ0) is 26.7. The molecule has 36 heavy (non-hydrogen) atoms. The van der Waals surface area contributed by atoms with Gasteiger partial charge in [0.2, 0.25) is 17.6 Å². The monoisotopic (exact) mass is 555 g/mol. The Hall–Kier alpha value is -1.71. The molecule has 0 radical (unpaired) electrons.